The first-order valence-corrected chi connectivity index (χ1v) is 12.5. The molecule has 2 amide bonds. The SMILES string of the molecule is NC(=O)[C@@H](O)C(Cc1ccccc1)NC(=O)c1ccc(CN(Br)S(=O)(=O)c2ccccc2)cc1. The van der Waals surface area contributed by atoms with Gasteiger partial charge in [-0.25, -0.2) is 8.42 Å². The summed E-state index contributed by atoms with van der Waals surface area (Å²) >= 11 is 3.11. The van der Waals surface area contributed by atoms with Crippen LogP contribution in [0.3, 0.4) is 0 Å². The van der Waals surface area contributed by atoms with Gasteiger partial charge in [0.15, 0.2) is 6.10 Å². The minimum Gasteiger partial charge on any atom is -0.381 e. The number of halogens is 1. The minimum atomic E-state index is -3.73. The summed E-state index contributed by atoms with van der Waals surface area (Å²) in [6.45, 7) is 0.0378. The highest BCUT2D eigenvalue weighted by atomic mass is 79.9. The Balaban J connectivity index is 1.69. The third-order valence-electron chi connectivity index (χ3n) is 5.11. The molecule has 0 aliphatic heterocycles. The summed E-state index contributed by atoms with van der Waals surface area (Å²) in [5.74, 6) is -1.44. The Kier molecular flexibility index (Phi) is 8.56. The fraction of sp³-hybridized carbons (Fsp3) is 0.167. The van der Waals surface area contributed by atoms with E-state index < -0.39 is 34.0 Å². The van der Waals surface area contributed by atoms with Crippen LogP contribution in [-0.4, -0.2) is 40.8 Å². The Bertz CT molecular complexity index is 1220. The molecule has 3 rings (SSSR count). The van der Waals surface area contributed by atoms with Crippen molar-refractivity contribution in [3.05, 3.63) is 102 Å². The van der Waals surface area contributed by atoms with E-state index >= 15 is 0 Å². The van der Waals surface area contributed by atoms with Gasteiger partial charge >= 0.3 is 0 Å². The van der Waals surface area contributed by atoms with E-state index in [1.165, 1.54) is 24.3 Å². The van der Waals surface area contributed by atoms with Gasteiger partial charge in [-0.3, -0.25) is 9.59 Å². The van der Waals surface area contributed by atoms with Crippen LogP contribution in [0, 0.1) is 0 Å². The second-order valence-corrected chi connectivity index (χ2v) is 10.8. The standard InChI is InChI=1S/C24H24BrN3O5S/c25-28(34(32,33)20-9-5-2-6-10-20)16-18-11-13-19(14-12-18)24(31)27-21(22(29)23(26)30)15-17-7-3-1-4-8-17/h1-14,21-22,29H,15-16H2,(H2,26,30)(H,27,31)/t21?,22-/m0/s1. The highest BCUT2D eigenvalue weighted by Gasteiger charge is 2.27. The number of rotatable bonds is 10. The molecule has 0 bridgehead atoms. The van der Waals surface area contributed by atoms with E-state index in [1.807, 2.05) is 30.3 Å². The Morgan fingerprint density at radius 3 is 2.03 bits per heavy atom. The molecule has 10 heteroatoms. The second kappa shape index (κ2) is 11.4. The van der Waals surface area contributed by atoms with Gasteiger partial charge in [0.05, 0.1) is 17.5 Å². The molecule has 8 nitrogen and oxygen atoms in total. The average Bonchev–Trinajstić information content (AvgIpc) is 2.84. The lowest BCUT2D eigenvalue weighted by Crippen LogP contribution is -2.50. The van der Waals surface area contributed by atoms with Gasteiger partial charge in [-0.1, -0.05) is 60.7 Å². The third-order valence-corrected chi connectivity index (χ3v) is 8.03. The molecule has 1 unspecified atom stereocenters. The summed E-state index contributed by atoms with van der Waals surface area (Å²) in [6, 6.07) is 22.5. The molecule has 4 N–H and O–H groups in total. The number of nitrogens with two attached hydrogens (primary N) is 1. The van der Waals surface area contributed by atoms with Gasteiger partial charge in [0.2, 0.25) is 5.91 Å². The number of hydrogen-bond donors (Lipinski definition) is 3. The molecule has 0 radical (unpaired) electrons. The fourth-order valence-electron chi connectivity index (χ4n) is 3.26. The molecule has 3 aromatic carbocycles. The first-order valence-electron chi connectivity index (χ1n) is 10.3. The van der Waals surface area contributed by atoms with E-state index in [-0.39, 0.29) is 23.4 Å². The summed E-state index contributed by atoms with van der Waals surface area (Å²) in [7, 11) is -3.73. The molecule has 0 aliphatic carbocycles. The zero-order chi connectivity index (χ0) is 24.7. The molecule has 0 aliphatic rings. The van der Waals surface area contributed by atoms with Crippen LogP contribution >= 0.6 is 16.1 Å². The van der Waals surface area contributed by atoms with Crippen molar-refractivity contribution in [1.82, 2.24) is 8.65 Å². The number of sulfonamides is 1. The molecule has 0 saturated heterocycles. The molecular weight excluding hydrogens is 522 g/mol. The van der Waals surface area contributed by atoms with Gasteiger partial charge in [-0.05, 0) is 41.8 Å². The maximum atomic E-state index is 12.8. The van der Waals surface area contributed by atoms with Crippen LogP contribution in [0.2, 0.25) is 0 Å². The maximum Gasteiger partial charge on any atom is 0.252 e. The normalized spacial score (nSPS) is 13.3. The van der Waals surface area contributed by atoms with E-state index in [0.29, 0.717) is 5.56 Å². The van der Waals surface area contributed by atoms with Gasteiger partial charge in [0.25, 0.3) is 15.9 Å². The number of amides is 2. The predicted molar refractivity (Wildman–Crippen MR) is 131 cm³/mol. The second-order valence-electron chi connectivity index (χ2n) is 7.58. The van der Waals surface area contributed by atoms with E-state index in [4.69, 9.17) is 5.73 Å². The molecular formula is C24H24BrN3O5S. The quantitative estimate of drug-likeness (QED) is 0.337. The van der Waals surface area contributed by atoms with Crippen molar-refractivity contribution < 1.29 is 23.1 Å². The number of carbonyl (C=O) groups excluding carboxylic acids is 2. The Morgan fingerprint density at radius 2 is 1.47 bits per heavy atom. The van der Waals surface area contributed by atoms with Crippen molar-refractivity contribution in [2.24, 2.45) is 5.73 Å². The van der Waals surface area contributed by atoms with E-state index in [1.54, 1.807) is 30.3 Å². The van der Waals surface area contributed by atoms with Crippen LogP contribution in [0.25, 0.3) is 0 Å². The monoisotopic (exact) mass is 545 g/mol. The van der Waals surface area contributed by atoms with Gasteiger partial charge in [0.1, 0.15) is 0 Å². The number of aliphatic hydroxyl groups is 1. The van der Waals surface area contributed by atoms with Crippen LogP contribution in [0.5, 0.6) is 0 Å². The number of hydrogen-bond acceptors (Lipinski definition) is 5. The Morgan fingerprint density at radius 1 is 0.912 bits per heavy atom. The molecule has 2 atom stereocenters. The zero-order valence-electron chi connectivity index (χ0n) is 18.0. The van der Waals surface area contributed by atoms with E-state index in [2.05, 4.69) is 21.5 Å². The van der Waals surface area contributed by atoms with Crippen molar-refractivity contribution in [1.29, 1.82) is 0 Å². The van der Waals surface area contributed by atoms with E-state index in [0.717, 1.165) is 8.89 Å². The Labute approximate surface area is 206 Å². The van der Waals surface area contributed by atoms with Crippen LogP contribution in [-0.2, 0) is 27.8 Å². The van der Waals surface area contributed by atoms with Crippen LogP contribution in [0.4, 0.5) is 0 Å². The maximum absolute atomic E-state index is 12.8. The number of primary amides is 1. The summed E-state index contributed by atoms with van der Waals surface area (Å²) in [5.41, 5.74) is 7.00. The number of benzene rings is 3. The van der Waals surface area contributed by atoms with Crippen molar-refractivity contribution in [3.63, 3.8) is 0 Å². The molecule has 34 heavy (non-hydrogen) atoms. The zero-order valence-corrected chi connectivity index (χ0v) is 20.4. The lowest BCUT2D eigenvalue weighted by atomic mass is 10.00. The lowest BCUT2D eigenvalue weighted by Gasteiger charge is -2.22. The highest BCUT2D eigenvalue weighted by Crippen LogP contribution is 2.21. The van der Waals surface area contributed by atoms with Crippen LogP contribution < -0.4 is 11.1 Å². The molecule has 0 spiro atoms. The number of nitrogens with zero attached hydrogens (tertiary/aromatic N) is 1. The molecule has 178 valence electrons. The van der Waals surface area contributed by atoms with Gasteiger partial charge in [0, 0.05) is 21.7 Å². The Hall–Kier alpha value is -3.05. The average molecular weight is 546 g/mol. The van der Waals surface area contributed by atoms with Gasteiger partial charge in [-0.2, -0.15) is 0 Å². The van der Waals surface area contributed by atoms with Crippen LogP contribution in [0.1, 0.15) is 21.5 Å². The summed E-state index contributed by atoms with van der Waals surface area (Å²) < 4.78 is 26.4. The largest absolute Gasteiger partial charge is 0.381 e. The first kappa shape index (κ1) is 25.6. The summed E-state index contributed by atoms with van der Waals surface area (Å²) in [5, 5.41) is 12.9. The van der Waals surface area contributed by atoms with Crippen LogP contribution in [0.15, 0.2) is 89.8 Å². The number of aliphatic hydroxyl groups excluding tert-OH is 1. The fourth-order valence-corrected chi connectivity index (χ4v) is 5.10. The molecule has 0 aromatic heterocycles. The smallest absolute Gasteiger partial charge is 0.252 e. The van der Waals surface area contributed by atoms with Crippen molar-refractivity contribution in [2.75, 3.05) is 0 Å². The molecule has 3 aromatic rings. The van der Waals surface area contributed by atoms with Gasteiger partial charge in [-0.15, -0.1) is 3.33 Å². The van der Waals surface area contributed by atoms with E-state index in [9.17, 15) is 23.1 Å². The number of nitrogens with one attached hydrogen (secondary N) is 1. The summed E-state index contributed by atoms with van der Waals surface area (Å²) in [4.78, 5) is 24.5. The topological polar surface area (TPSA) is 130 Å². The van der Waals surface area contributed by atoms with Crippen molar-refractivity contribution >= 4 is 38.0 Å². The lowest BCUT2D eigenvalue weighted by molar-refractivity contribution is -0.127. The van der Waals surface area contributed by atoms with Crippen molar-refractivity contribution in [2.45, 2.75) is 30.0 Å². The molecule has 0 heterocycles. The number of carbonyl (C=O) groups is 2. The minimum absolute atomic E-state index is 0.0378. The van der Waals surface area contributed by atoms with Crippen molar-refractivity contribution in [3.8, 4) is 0 Å². The summed E-state index contributed by atoms with van der Waals surface area (Å²) in [6.07, 6.45) is -1.35. The third kappa shape index (κ3) is 6.51. The molecule has 0 saturated carbocycles. The predicted octanol–water partition coefficient (Wildman–Crippen LogP) is 2.37. The molecule has 0 fully saturated rings. The highest BCUT2D eigenvalue weighted by molar-refractivity contribution is 9.08. The van der Waals surface area contributed by atoms with Gasteiger partial charge < -0.3 is 16.2 Å². The first-order chi connectivity index (χ1) is 16.2.